The van der Waals surface area contributed by atoms with Crippen LogP contribution in [-0.4, -0.2) is 56.5 Å². The smallest absolute Gasteiger partial charge is 0.0619 e. The number of ether oxygens (including phenoxy) is 2. The van der Waals surface area contributed by atoms with Crippen molar-refractivity contribution >= 4 is 0 Å². The van der Waals surface area contributed by atoms with E-state index in [2.05, 4.69) is 54.4 Å². The van der Waals surface area contributed by atoms with E-state index in [1.807, 2.05) is 0 Å². The SMILES string of the molecule is CC1COCCN1Cc1ccccc1.C[C@H]1COCCN1. The van der Waals surface area contributed by atoms with Crippen LogP contribution in [0.15, 0.2) is 30.3 Å². The molecule has 0 bridgehead atoms. The van der Waals surface area contributed by atoms with E-state index in [9.17, 15) is 0 Å². The monoisotopic (exact) mass is 292 g/mol. The van der Waals surface area contributed by atoms with Gasteiger partial charge in [0.25, 0.3) is 0 Å². The summed E-state index contributed by atoms with van der Waals surface area (Å²) >= 11 is 0. The minimum absolute atomic E-state index is 0.545. The van der Waals surface area contributed by atoms with E-state index in [0.717, 1.165) is 46.1 Å². The zero-order chi connectivity index (χ0) is 14.9. The lowest BCUT2D eigenvalue weighted by atomic mass is 10.2. The van der Waals surface area contributed by atoms with E-state index < -0.39 is 0 Å². The number of rotatable bonds is 2. The van der Waals surface area contributed by atoms with E-state index in [-0.39, 0.29) is 0 Å². The molecule has 0 aliphatic carbocycles. The Kier molecular flexibility index (Phi) is 7.16. The summed E-state index contributed by atoms with van der Waals surface area (Å²) < 4.78 is 10.5. The van der Waals surface area contributed by atoms with Crippen LogP contribution in [0.5, 0.6) is 0 Å². The summed E-state index contributed by atoms with van der Waals surface area (Å²) in [6, 6.07) is 11.7. The van der Waals surface area contributed by atoms with Crippen LogP contribution in [0.25, 0.3) is 0 Å². The van der Waals surface area contributed by atoms with Crippen molar-refractivity contribution in [1.82, 2.24) is 10.2 Å². The van der Waals surface area contributed by atoms with E-state index in [4.69, 9.17) is 9.47 Å². The van der Waals surface area contributed by atoms with Crippen LogP contribution >= 0.6 is 0 Å². The van der Waals surface area contributed by atoms with Gasteiger partial charge in [-0.3, -0.25) is 4.90 Å². The van der Waals surface area contributed by atoms with Crippen LogP contribution in [0.2, 0.25) is 0 Å². The van der Waals surface area contributed by atoms with Crippen molar-refractivity contribution in [3.05, 3.63) is 35.9 Å². The van der Waals surface area contributed by atoms with Crippen LogP contribution in [0.1, 0.15) is 19.4 Å². The molecular weight excluding hydrogens is 264 g/mol. The highest BCUT2D eigenvalue weighted by atomic mass is 16.5. The second kappa shape index (κ2) is 9.15. The fourth-order valence-corrected chi connectivity index (χ4v) is 2.51. The quantitative estimate of drug-likeness (QED) is 0.903. The van der Waals surface area contributed by atoms with Crippen molar-refractivity contribution < 1.29 is 9.47 Å². The molecule has 2 aliphatic heterocycles. The fraction of sp³-hybridized carbons (Fsp3) is 0.647. The summed E-state index contributed by atoms with van der Waals surface area (Å²) in [6.45, 7) is 11.0. The van der Waals surface area contributed by atoms with Crippen molar-refractivity contribution in [1.29, 1.82) is 0 Å². The molecule has 118 valence electrons. The van der Waals surface area contributed by atoms with Gasteiger partial charge in [0.05, 0.1) is 26.4 Å². The first kappa shape index (κ1) is 16.4. The Morgan fingerprint density at radius 1 is 1.10 bits per heavy atom. The maximum Gasteiger partial charge on any atom is 0.0619 e. The van der Waals surface area contributed by atoms with Crippen molar-refractivity contribution in [3.63, 3.8) is 0 Å². The number of nitrogens with zero attached hydrogens (tertiary/aromatic N) is 1. The third kappa shape index (κ3) is 6.14. The van der Waals surface area contributed by atoms with Gasteiger partial charge >= 0.3 is 0 Å². The molecule has 3 rings (SSSR count). The Hall–Kier alpha value is -0.940. The van der Waals surface area contributed by atoms with Crippen molar-refractivity contribution in [3.8, 4) is 0 Å². The number of benzene rings is 1. The first-order valence-electron chi connectivity index (χ1n) is 7.92. The largest absolute Gasteiger partial charge is 0.379 e. The molecule has 2 saturated heterocycles. The molecule has 0 aromatic heterocycles. The molecule has 2 aliphatic rings. The minimum atomic E-state index is 0.545. The lowest BCUT2D eigenvalue weighted by Gasteiger charge is -2.33. The van der Waals surface area contributed by atoms with Gasteiger partial charge in [-0.2, -0.15) is 0 Å². The molecule has 0 saturated carbocycles. The molecule has 0 radical (unpaired) electrons. The Balaban J connectivity index is 0.000000194. The topological polar surface area (TPSA) is 33.7 Å². The highest BCUT2D eigenvalue weighted by molar-refractivity contribution is 5.14. The number of hydrogen-bond donors (Lipinski definition) is 1. The predicted octanol–water partition coefficient (Wildman–Crippen LogP) is 1.90. The Labute approximate surface area is 128 Å². The molecule has 1 N–H and O–H groups in total. The zero-order valence-corrected chi connectivity index (χ0v) is 13.3. The molecule has 1 aromatic carbocycles. The van der Waals surface area contributed by atoms with Crippen LogP contribution in [0.3, 0.4) is 0 Å². The van der Waals surface area contributed by atoms with E-state index in [1.165, 1.54) is 5.56 Å². The Morgan fingerprint density at radius 2 is 1.86 bits per heavy atom. The maximum atomic E-state index is 5.41. The Bertz CT molecular complexity index is 380. The maximum absolute atomic E-state index is 5.41. The molecule has 0 amide bonds. The van der Waals surface area contributed by atoms with Gasteiger partial charge < -0.3 is 14.8 Å². The molecule has 1 unspecified atom stereocenters. The van der Waals surface area contributed by atoms with Gasteiger partial charge in [0.2, 0.25) is 0 Å². The van der Waals surface area contributed by atoms with Crippen molar-refractivity contribution in [2.45, 2.75) is 32.5 Å². The lowest BCUT2D eigenvalue weighted by Crippen LogP contribution is -2.42. The molecular formula is C17H28N2O2. The highest BCUT2D eigenvalue weighted by Gasteiger charge is 2.18. The summed E-state index contributed by atoms with van der Waals surface area (Å²) in [5.74, 6) is 0. The lowest BCUT2D eigenvalue weighted by molar-refractivity contribution is -0.00436. The van der Waals surface area contributed by atoms with Gasteiger partial charge in [0.15, 0.2) is 0 Å². The summed E-state index contributed by atoms with van der Waals surface area (Å²) in [5.41, 5.74) is 1.39. The number of hydrogen-bond acceptors (Lipinski definition) is 4. The standard InChI is InChI=1S/C12H17NO.C5H11NO/c1-11-10-14-8-7-13(11)9-12-5-3-2-4-6-12;1-5-4-7-3-2-6-5/h2-6,11H,7-10H2,1H3;5-6H,2-4H2,1H3/t;5-/m.0/s1. The van der Waals surface area contributed by atoms with Crippen molar-refractivity contribution in [2.24, 2.45) is 0 Å². The van der Waals surface area contributed by atoms with Crippen LogP contribution in [0.4, 0.5) is 0 Å². The summed E-state index contributed by atoms with van der Waals surface area (Å²) in [6.07, 6.45) is 0. The second-order valence-corrected chi connectivity index (χ2v) is 5.81. The zero-order valence-electron chi connectivity index (χ0n) is 13.3. The van der Waals surface area contributed by atoms with Gasteiger partial charge in [-0.05, 0) is 19.4 Å². The van der Waals surface area contributed by atoms with Gasteiger partial charge in [-0.25, -0.2) is 0 Å². The summed E-state index contributed by atoms with van der Waals surface area (Å²) in [7, 11) is 0. The third-order valence-corrected chi connectivity index (χ3v) is 3.84. The average Bonchev–Trinajstić information content (AvgIpc) is 2.52. The molecule has 0 spiro atoms. The molecule has 2 atom stereocenters. The highest BCUT2D eigenvalue weighted by Crippen LogP contribution is 2.11. The minimum Gasteiger partial charge on any atom is -0.379 e. The van der Waals surface area contributed by atoms with Gasteiger partial charge in [-0.15, -0.1) is 0 Å². The molecule has 4 nitrogen and oxygen atoms in total. The molecule has 2 heterocycles. The molecule has 2 fully saturated rings. The van der Waals surface area contributed by atoms with Gasteiger partial charge in [-0.1, -0.05) is 30.3 Å². The molecule has 4 heteroatoms. The van der Waals surface area contributed by atoms with Crippen LogP contribution < -0.4 is 5.32 Å². The first-order chi connectivity index (χ1) is 10.3. The van der Waals surface area contributed by atoms with E-state index >= 15 is 0 Å². The van der Waals surface area contributed by atoms with E-state index in [1.54, 1.807) is 0 Å². The van der Waals surface area contributed by atoms with Gasteiger partial charge in [0.1, 0.15) is 0 Å². The molecule has 21 heavy (non-hydrogen) atoms. The van der Waals surface area contributed by atoms with Crippen molar-refractivity contribution in [2.75, 3.05) is 39.5 Å². The summed E-state index contributed by atoms with van der Waals surface area (Å²) in [4.78, 5) is 2.47. The predicted molar refractivity (Wildman–Crippen MR) is 85.4 cm³/mol. The second-order valence-electron chi connectivity index (χ2n) is 5.81. The van der Waals surface area contributed by atoms with Crippen LogP contribution in [-0.2, 0) is 16.0 Å². The average molecular weight is 292 g/mol. The fourth-order valence-electron chi connectivity index (χ4n) is 2.51. The number of nitrogens with one attached hydrogen (secondary N) is 1. The third-order valence-electron chi connectivity index (χ3n) is 3.84. The first-order valence-corrected chi connectivity index (χ1v) is 7.92. The Morgan fingerprint density at radius 3 is 2.43 bits per heavy atom. The van der Waals surface area contributed by atoms with Crippen LogP contribution in [0, 0.1) is 0 Å². The normalized spacial score (nSPS) is 26.8. The molecule has 1 aromatic rings. The number of morpholine rings is 2. The van der Waals surface area contributed by atoms with E-state index in [0.29, 0.717) is 12.1 Å². The van der Waals surface area contributed by atoms with Gasteiger partial charge in [0, 0.05) is 31.7 Å². The summed E-state index contributed by atoms with van der Waals surface area (Å²) in [5, 5.41) is 3.26.